The summed E-state index contributed by atoms with van der Waals surface area (Å²) in [5, 5.41) is 3.64. The summed E-state index contributed by atoms with van der Waals surface area (Å²) in [5.41, 5.74) is 0. The molecule has 2 aliphatic rings. The fraction of sp³-hybridized carbons (Fsp3) is 1.00. The second-order valence-electron chi connectivity index (χ2n) is 4.72. The van der Waals surface area contributed by atoms with Crippen molar-refractivity contribution in [3.63, 3.8) is 0 Å². The van der Waals surface area contributed by atoms with Gasteiger partial charge in [0.1, 0.15) is 0 Å². The Labute approximate surface area is 91.8 Å². The van der Waals surface area contributed by atoms with Gasteiger partial charge < -0.3 is 10.2 Å². The van der Waals surface area contributed by atoms with Gasteiger partial charge in [-0.15, -0.1) is 0 Å². The van der Waals surface area contributed by atoms with Crippen LogP contribution in [0.15, 0.2) is 0 Å². The largest absolute Gasteiger partial charge is 0.312 e. The van der Waals surface area contributed by atoms with Crippen LogP contribution in [-0.2, 0) is 0 Å². The minimum atomic E-state index is 0.839. The Hall–Kier alpha value is 0.270. The topological polar surface area (TPSA) is 15.3 Å². The van der Waals surface area contributed by atoms with Crippen LogP contribution in [0.25, 0.3) is 0 Å². The third kappa shape index (κ3) is 3.14. The highest BCUT2D eigenvalue weighted by molar-refractivity contribution is 8.00. The van der Waals surface area contributed by atoms with E-state index in [9.17, 15) is 0 Å². The molecular weight excluding hydrogens is 192 g/mol. The number of likely N-dealkylation sites (tertiary alicyclic amines) is 1. The van der Waals surface area contributed by atoms with Crippen LogP contribution in [-0.4, -0.2) is 49.1 Å². The lowest BCUT2D eigenvalue weighted by molar-refractivity contribution is 0.211. The van der Waals surface area contributed by atoms with Crippen molar-refractivity contribution in [2.24, 2.45) is 5.92 Å². The van der Waals surface area contributed by atoms with E-state index in [2.05, 4.69) is 29.0 Å². The zero-order valence-electron chi connectivity index (χ0n) is 9.17. The van der Waals surface area contributed by atoms with Crippen LogP contribution >= 0.6 is 11.8 Å². The molecule has 0 aromatic carbocycles. The zero-order chi connectivity index (χ0) is 9.80. The van der Waals surface area contributed by atoms with Crippen LogP contribution < -0.4 is 5.32 Å². The summed E-state index contributed by atoms with van der Waals surface area (Å²) in [7, 11) is 2.24. The van der Waals surface area contributed by atoms with E-state index in [0.29, 0.717) is 0 Å². The van der Waals surface area contributed by atoms with Crippen LogP contribution in [0.3, 0.4) is 0 Å². The lowest BCUT2D eigenvalue weighted by Gasteiger charge is -2.30. The van der Waals surface area contributed by atoms with E-state index in [1.165, 1.54) is 50.4 Å². The first-order chi connectivity index (χ1) is 6.84. The quantitative estimate of drug-likeness (QED) is 0.762. The number of rotatable bonds is 4. The molecule has 14 heavy (non-hydrogen) atoms. The Morgan fingerprint density at radius 3 is 2.57 bits per heavy atom. The molecule has 0 aromatic heterocycles. The number of hydrogen-bond donors (Lipinski definition) is 1. The molecule has 2 heterocycles. The smallest absolute Gasteiger partial charge is 0.0248 e. The van der Waals surface area contributed by atoms with Crippen molar-refractivity contribution in [2.75, 3.05) is 38.2 Å². The summed E-state index contributed by atoms with van der Waals surface area (Å²) in [6, 6.07) is 0.839. The third-order valence-electron chi connectivity index (χ3n) is 3.46. The fourth-order valence-corrected chi connectivity index (χ4v) is 2.90. The number of thioether (sulfide) groups is 1. The number of nitrogens with zero attached hydrogens (tertiary/aromatic N) is 1. The standard InChI is InChI=1S/C11H22N2S/c1-13-6-3-10(4-7-13)2-5-12-11-8-14-9-11/h10-12H,2-9H2,1H3. The van der Waals surface area contributed by atoms with E-state index in [-0.39, 0.29) is 0 Å². The second-order valence-corrected chi connectivity index (χ2v) is 5.80. The summed E-state index contributed by atoms with van der Waals surface area (Å²) in [5.74, 6) is 3.67. The van der Waals surface area contributed by atoms with E-state index in [4.69, 9.17) is 0 Å². The maximum atomic E-state index is 3.64. The molecule has 2 saturated heterocycles. The number of hydrogen-bond acceptors (Lipinski definition) is 3. The van der Waals surface area contributed by atoms with Gasteiger partial charge in [0.2, 0.25) is 0 Å². The lowest BCUT2D eigenvalue weighted by Crippen LogP contribution is -2.41. The van der Waals surface area contributed by atoms with Crippen LogP contribution in [0, 0.1) is 5.92 Å². The van der Waals surface area contributed by atoms with Crippen LogP contribution in [0.2, 0.25) is 0 Å². The average Bonchev–Trinajstić information content (AvgIpc) is 2.12. The van der Waals surface area contributed by atoms with Gasteiger partial charge in [0.25, 0.3) is 0 Å². The van der Waals surface area contributed by atoms with Gasteiger partial charge in [-0.05, 0) is 51.9 Å². The van der Waals surface area contributed by atoms with Gasteiger partial charge in [-0.3, -0.25) is 0 Å². The molecule has 2 rings (SSSR count). The number of nitrogens with one attached hydrogen (secondary N) is 1. The van der Waals surface area contributed by atoms with Gasteiger partial charge in [-0.25, -0.2) is 0 Å². The molecule has 2 nitrogen and oxygen atoms in total. The number of piperidine rings is 1. The van der Waals surface area contributed by atoms with Gasteiger partial charge in [-0.1, -0.05) is 0 Å². The maximum Gasteiger partial charge on any atom is 0.0248 e. The van der Waals surface area contributed by atoms with Gasteiger partial charge >= 0.3 is 0 Å². The zero-order valence-corrected chi connectivity index (χ0v) is 9.98. The highest BCUT2D eigenvalue weighted by Gasteiger charge is 2.19. The van der Waals surface area contributed by atoms with Gasteiger partial charge in [0.05, 0.1) is 0 Å². The summed E-state index contributed by atoms with van der Waals surface area (Å²) in [4.78, 5) is 2.45. The molecule has 0 radical (unpaired) electrons. The van der Waals surface area contributed by atoms with Gasteiger partial charge in [0, 0.05) is 17.5 Å². The molecule has 1 N–H and O–H groups in total. The summed E-state index contributed by atoms with van der Waals surface area (Å²) < 4.78 is 0. The molecule has 82 valence electrons. The highest BCUT2D eigenvalue weighted by Crippen LogP contribution is 2.20. The molecule has 0 aromatic rings. The Morgan fingerprint density at radius 2 is 2.00 bits per heavy atom. The predicted octanol–water partition coefficient (Wildman–Crippen LogP) is 1.42. The monoisotopic (exact) mass is 214 g/mol. The first kappa shape index (κ1) is 10.8. The molecule has 0 spiro atoms. The molecule has 3 heteroatoms. The molecule has 0 amide bonds. The third-order valence-corrected chi connectivity index (χ3v) is 4.74. The average molecular weight is 214 g/mol. The molecule has 2 aliphatic heterocycles. The molecule has 0 saturated carbocycles. The molecule has 0 atom stereocenters. The van der Waals surface area contributed by atoms with E-state index in [0.717, 1.165) is 12.0 Å². The first-order valence-corrected chi connectivity index (χ1v) is 7.00. The van der Waals surface area contributed by atoms with Crippen molar-refractivity contribution in [1.82, 2.24) is 10.2 Å². The molecular formula is C11H22N2S. The van der Waals surface area contributed by atoms with Crippen molar-refractivity contribution < 1.29 is 0 Å². The first-order valence-electron chi connectivity index (χ1n) is 5.84. The van der Waals surface area contributed by atoms with Gasteiger partial charge in [0.15, 0.2) is 0 Å². The van der Waals surface area contributed by atoms with E-state index in [1.54, 1.807) is 0 Å². The Balaban J connectivity index is 1.52. The molecule has 0 aliphatic carbocycles. The van der Waals surface area contributed by atoms with Crippen LogP contribution in [0.4, 0.5) is 0 Å². The Bertz CT molecular complexity index is 163. The minimum Gasteiger partial charge on any atom is -0.312 e. The summed E-state index contributed by atoms with van der Waals surface area (Å²) in [6.45, 7) is 3.87. The van der Waals surface area contributed by atoms with Crippen LogP contribution in [0.5, 0.6) is 0 Å². The maximum absolute atomic E-state index is 3.64. The second kappa shape index (κ2) is 5.38. The fourth-order valence-electron chi connectivity index (χ4n) is 2.20. The van der Waals surface area contributed by atoms with Crippen LogP contribution in [0.1, 0.15) is 19.3 Å². The molecule has 2 fully saturated rings. The van der Waals surface area contributed by atoms with E-state index in [1.807, 2.05) is 0 Å². The lowest BCUT2D eigenvalue weighted by atomic mass is 9.94. The summed E-state index contributed by atoms with van der Waals surface area (Å²) in [6.07, 6.45) is 4.23. The van der Waals surface area contributed by atoms with Crippen molar-refractivity contribution >= 4 is 11.8 Å². The highest BCUT2D eigenvalue weighted by atomic mass is 32.2. The SMILES string of the molecule is CN1CCC(CCNC2CSC2)CC1. The van der Waals surface area contributed by atoms with Gasteiger partial charge in [-0.2, -0.15) is 11.8 Å². The Kier molecular flexibility index (Phi) is 4.14. The summed E-state index contributed by atoms with van der Waals surface area (Å²) >= 11 is 2.06. The van der Waals surface area contributed by atoms with Crippen molar-refractivity contribution in [3.8, 4) is 0 Å². The predicted molar refractivity (Wildman–Crippen MR) is 64.0 cm³/mol. The van der Waals surface area contributed by atoms with Crippen molar-refractivity contribution in [2.45, 2.75) is 25.3 Å². The molecule has 0 bridgehead atoms. The normalized spacial score (nSPS) is 26.4. The minimum absolute atomic E-state index is 0.839. The van der Waals surface area contributed by atoms with Crippen molar-refractivity contribution in [1.29, 1.82) is 0 Å². The molecule has 0 unspecified atom stereocenters. The van der Waals surface area contributed by atoms with E-state index < -0.39 is 0 Å². The van der Waals surface area contributed by atoms with Crippen molar-refractivity contribution in [3.05, 3.63) is 0 Å². The Morgan fingerprint density at radius 1 is 1.29 bits per heavy atom. The van der Waals surface area contributed by atoms with E-state index >= 15 is 0 Å².